The standard InChI is InChI=1S/C16H17F3N2O3/c1-9-7-12(11-8-10(24-2)3-4-13(11)21-9)15(23)20-6-5-14(22)16(17,18)19/h3-4,7-8,14,22H,5-6H2,1-2H3,(H,20,23)/t14-/m0/s1. The molecule has 0 saturated heterocycles. The molecule has 0 radical (unpaired) electrons. The molecule has 0 spiro atoms. The molecule has 0 unspecified atom stereocenters. The number of aryl methyl sites for hydroxylation is 1. The van der Waals surface area contributed by atoms with E-state index in [4.69, 9.17) is 9.84 Å². The number of carbonyl (C=O) groups excluding carboxylic acids is 1. The van der Waals surface area contributed by atoms with E-state index >= 15 is 0 Å². The predicted molar refractivity (Wildman–Crippen MR) is 82.0 cm³/mol. The Morgan fingerprint density at radius 1 is 1.38 bits per heavy atom. The van der Waals surface area contributed by atoms with Gasteiger partial charge in [-0.25, -0.2) is 0 Å². The minimum absolute atomic E-state index is 0.290. The van der Waals surface area contributed by atoms with Crippen LogP contribution in [0.4, 0.5) is 13.2 Å². The van der Waals surface area contributed by atoms with Gasteiger partial charge in [0.2, 0.25) is 0 Å². The number of aliphatic hydroxyl groups excluding tert-OH is 1. The summed E-state index contributed by atoms with van der Waals surface area (Å²) < 4.78 is 41.9. The van der Waals surface area contributed by atoms with Crippen molar-refractivity contribution in [2.75, 3.05) is 13.7 Å². The maximum Gasteiger partial charge on any atom is 0.414 e. The van der Waals surface area contributed by atoms with E-state index in [0.29, 0.717) is 22.3 Å². The predicted octanol–water partition coefficient (Wildman–Crippen LogP) is 2.59. The average molecular weight is 342 g/mol. The molecule has 2 aromatic rings. The van der Waals surface area contributed by atoms with E-state index in [2.05, 4.69) is 10.3 Å². The molecule has 1 atom stereocenters. The quantitative estimate of drug-likeness (QED) is 0.876. The molecule has 2 rings (SSSR count). The van der Waals surface area contributed by atoms with Crippen LogP contribution >= 0.6 is 0 Å². The third-order valence-electron chi connectivity index (χ3n) is 3.47. The van der Waals surface area contributed by atoms with Crippen molar-refractivity contribution in [2.24, 2.45) is 0 Å². The van der Waals surface area contributed by atoms with E-state index in [-0.39, 0.29) is 12.1 Å². The van der Waals surface area contributed by atoms with Gasteiger partial charge in [0.15, 0.2) is 6.10 Å². The molecule has 1 amide bonds. The highest BCUT2D eigenvalue weighted by Gasteiger charge is 2.37. The fourth-order valence-corrected chi connectivity index (χ4v) is 2.23. The molecular formula is C16H17F3N2O3. The number of halogens is 3. The van der Waals surface area contributed by atoms with Crippen molar-refractivity contribution in [3.05, 3.63) is 35.5 Å². The molecular weight excluding hydrogens is 325 g/mol. The zero-order chi connectivity index (χ0) is 17.9. The van der Waals surface area contributed by atoms with Gasteiger partial charge in [-0.05, 0) is 37.6 Å². The van der Waals surface area contributed by atoms with Crippen molar-refractivity contribution in [3.8, 4) is 5.75 Å². The van der Waals surface area contributed by atoms with Crippen molar-refractivity contribution < 1.29 is 27.8 Å². The van der Waals surface area contributed by atoms with Crippen LogP contribution in [-0.2, 0) is 0 Å². The first-order chi connectivity index (χ1) is 11.2. The summed E-state index contributed by atoms with van der Waals surface area (Å²) in [6, 6.07) is 6.60. The second-order valence-corrected chi connectivity index (χ2v) is 5.30. The van der Waals surface area contributed by atoms with E-state index in [9.17, 15) is 18.0 Å². The van der Waals surface area contributed by atoms with Gasteiger partial charge in [-0.1, -0.05) is 0 Å². The molecule has 1 aromatic heterocycles. The summed E-state index contributed by atoms with van der Waals surface area (Å²) >= 11 is 0. The molecule has 0 saturated carbocycles. The van der Waals surface area contributed by atoms with Crippen molar-refractivity contribution in [1.29, 1.82) is 0 Å². The Hall–Kier alpha value is -2.35. The fourth-order valence-electron chi connectivity index (χ4n) is 2.23. The molecule has 0 bridgehead atoms. The van der Waals surface area contributed by atoms with Crippen molar-refractivity contribution in [3.63, 3.8) is 0 Å². The molecule has 0 fully saturated rings. The molecule has 0 aliphatic carbocycles. The molecule has 2 N–H and O–H groups in total. The van der Waals surface area contributed by atoms with E-state index < -0.39 is 24.6 Å². The minimum Gasteiger partial charge on any atom is -0.497 e. The van der Waals surface area contributed by atoms with Gasteiger partial charge in [0.05, 0.1) is 18.2 Å². The Morgan fingerprint density at radius 2 is 2.08 bits per heavy atom. The maximum atomic E-state index is 12.3. The second-order valence-electron chi connectivity index (χ2n) is 5.30. The number of fused-ring (bicyclic) bond motifs is 1. The van der Waals surface area contributed by atoms with Gasteiger partial charge in [0, 0.05) is 17.6 Å². The van der Waals surface area contributed by atoms with Crippen LogP contribution in [0.5, 0.6) is 5.75 Å². The van der Waals surface area contributed by atoms with Crippen LogP contribution in [0.15, 0.2) is 24.3 Å². The number of amides is 1. The Balaban J connectivity index is 2.19. The fraction of sp³-hybridized carbons (Fsp3) is 0.375. The van der Waals surface area contributed by atoms with Gasteiger partial charge >= 0.3 is 6.18 Å². The van der Waals surface area contributed by atoms with E-state index in [1.54, 1.807) is 31.2 Å². The summed E-state index contributed by atoms with van der Waals surface area (Å²) in [7, 11) is 1.49. The summed E-state index contributed by atoms with van der Waals surface area (Å²) in [6.07, 6.45) is -7.77. The molecule has 24 heavy (non-hydrogen) atoms. The van der Waals surface area contributed by atoms with E-state index in [0.717, 1.165) is 0 Å². The summed E-state index contributed by atoms with van der Waals surface area (Å²) in [4.78, 5) is 16.6. The first kappa shape index (κ1) is 18.0. The number of aliphatic hydroxyl groups is 1. The lowest BCUT2D eigenvalue weighted by molar-refractivity contribution is -0.204. The van der Waals surface area contributed by atoms with Gasteiger partial charge in [-0.15, -0.1) is 0 Å². The Bertz CT molecular complexity index is 747. The summed E-state index contributed by atoms with van der Waals surface area (Å²) in [5, 5.41) is 11.9. The lowest BCUT2D eigenvalue weighted by atomic mass is 10.1. The van der Waals surface area contributed by atoms with Gasteiger partial charge < -0.3 is 15.2 Å². The monoisotopic (exact) mass is 342 g/mol. The number of aromatic nitrogens is 1. The molecule has 5 nitrogen and oxygen atoms in total. The average Bonchev–Trinajstić information content (AvgIpc) is 2.52. The first-order valence-electron chi connectivity index (χ1n) is 7.20. The van der Waals surface area contributed by atoms with Crippen LogP contribution in [0.2, 0.25) is 0 Å². The SMILES string of the molecule is COc1ccc2nc(C)cc(C(=O)NCC[C@H](O)C(F)(F)F)c2c1. The van der Waals surface area contributed by atoms with Crippen LogP contribution in [0.1, 0.15) is 22.5 Å². The highest BCUT2D eigenvalue weighted by atomic mass is 19.4. The normalized spacial score (nSPS) is 12.9. The third kappa shape index (κ3) is 4.14. The van der Waals surface area contributed by atoms with E-state index in [1.165, 1.54) is 7.11 Å². The summed E-state index contributed by atoms with van der Waals surface area (Å²) in [6.45, 7) is 1.42. The minimum atomic E-state index is -4.70. The number of nitrogens with one attached hydrogen (secondary N) is 1. The lowest BCUT2D eigenvalue weighted by Gasteiger charge is -2.15. The Labute approximate surface area is 136 Å². The first-order valence-corrected chi connectivity index (χ1v) is 7.20. The number of nitrogens with zero attached hydrogens (tertiary/aromatic N) is 1. The molecule has 1 aromatic carbocycles. The zero-order valence-electron chi connectivity index (χ0n) is 13.1. The van der Waals surface area contributed by atoms with Crippen LogP contribution in [-0.4, -0.2) is 41.9 Å². The molecule has 1 heterocycles. The van der Waals surface area contributed by atoms with Crippen molar-refractivity contribution in [2.45, 2.75) is 25.6 Å². The van der Waals surface area contributed by atoms with Crippen molar-refractivity contribution >= 4 is 16.8 Å². The van der Waals surface area contributed by atoms with Crippen LogP contribution in [0, 0.1) is 6.92 Å². The van der Waals surface area contributed by atoms with Crippen LogP contribution in [0.25, 0.3) is 10.9 Å². The molecule has 130 valence electrons. The molecule has 0 aliphatic heterocycles. The maximum absolute atomic E-state index is 12.3. The second kappa shape index (κ2) is 7.04. The Morgan fingerprint density at radius 3 is 2.71 bits per heavy atom. The number of carbonyl (C=O) groups is 1. The number of methoxy groups -OCH3 is 1. The highest BCUT2D eigenvalue weighted by molar-refractivity contribution is 6.06. The lowest BCUT2D eigenvalue weighted by Crippen LogP contribution is -2.34. The van der Waals surface area contributed by atoms with Gasteiger partial charge in [-0.2, -0.15) is 13.2 Å². The largest absolute Gasteiger partial charge is 0.497 e. The molecule has 8 heteroatoms. The Kier molecular flexibility index (Phi) is 5.28. The van der Waals surface area contributed by atoms with Gasteiger partial charge in [-0.3, -0.25) is 9.78 Å². The smallest absolute Gasteiger partial charge is 0.414 e. The summed E-state index contributed by atoms with van der Waals surface area (Å²) in [5.74, 6) is 0.00262. The topological polar surface area (TPSA) is 71.5 Å². The number of benzene rings is 1. The number of alkyl halides is 3. The number of rotatable bonds is 5. The molecule has 0 aliphatic rings. The van der Waals surface area contributed by atoms with Gasteiger partial charge in [0.1, 0.15) is 5.75 Å². The highest BCUT2D eigenvalue weighted by Crippen LogP contribution is 2.24. The number of ether oxygens (including phenoxy) is 1. The number of pyridine rings is 1. The van der Waals surface area contributed by atoms with Crippen molar-refractivity contribution in [1.82, 2.24) is 10.3 Å². The summed E-state index contributed by atoms with van der Waals surface area (Å²) in [5.41, 5.74) is 1.47. The van der Waals surface area contributed by atoms with E-state index in [1.807, 2.05) is 0 Å². The number of hydrogen-bond donors (Lipinski definition) is 2. The zero-order valence-corrected chi connectivity index (χ0v) is 13.1. The number of hydrogen-bond acceptors (Lipinski definition) is 4. The van der Waals surface area contributed by atoms with Gasteiger partial charge in [0.25, 0.3) is 5.91 Å². The van der Waals surface area contributed by atoms with Crippen LogP contribution in [0.3, 0.4) is 0 Å². The third-order valence-corrected chi connectivity index (χ3v) is 3.47. The van der Waals surface area contributed by atoms with Crippen LogP contribution < -0.4 is 10.1 Å².